The largest absolute Gasteiger partial charge is 0.322 e. The average molecular weight is 363 g/mol. The second-order valence-corrected chi connectivity index (χ2v) is 7.33. The maximum Gasteiger partial charge on any atom is 0.160 e. The molecule has 1 aromatic carbocycles. The van der Waals surface area contributed by atoms with E-state index >= 15 is 0 Å². The van der Waals surface area contributed by atoms with E-state index in [0.29, 0.717) is 6.04 Å². The van der Waals surface area contributed by atoms with Crippen molar-refractivity contribution < 1.29 is 0 Å². The van der Waals surface area contributed by atoms with Crippen molar-refractivity contribution in [2.75, 3.05) is 0 Å². The van der Waals surface area contributed by atoms with Crippen molar-refractivity contribution in [1.82, 2.24) is 14.5 Å². The lowest BCUT2D eigenvalue weighted by Gasteiger charge is -2.05. The highest BCUT2D eigenvalue weighted by Crippen LogP contribution is 2.41. The van der Waals surface area contributed by atoms with Gasteiger partial charge in [-0.15, -0.1) is 11.3 Å². The van der Waals surface area contributed by atoms with Gasteiger partial charge in [0.1, 0.15) is 10.7 Å². The molecule has 4 nitrogen and oxygen atoms in total. The van der Waals surface area contributed by atoms with E-state index in [1.807, 2.05) is 6.92 Å². The van der Waals surface area contributed by atoms with Crippen LogP contribution in [0.4, 0.5) is 0 Å². The molecular formula is C15H15BrN4S. The molecule has 0 amide bonds. The van der Waals surface area contributed by atoms with Gasteiger partial charge in [0, 0.05) is 15.9 Å². The summed E-state index contributed by atoms with van der Waals surface area (Å²) in [5, 5.41) is 3.02. The summed E-state index contributed by atoms with van der Waals surface area (Å²) in [7, 11) is 0. The van der Waals surface area contributed by atoms with Crippen LogP contribution < -0.4 is 5.73 Å². The molecule has 0 spiro atoms. The van der Waals surface area contributed by atoms with Crippen LogP contribution in [0.5, 0.6) is 0 Å². The van der Waals surface area contributed by atoms with E-state index in [-0.39, 0.29) is 6.04 Å². The van der Waals surface area contributed by atoms with Gasteiger partial charge in [-0.3, -0.25) is 0 Å². The van der Waals surface area contributed by atoms with E-state index < -0.39 is 0 Å². The first-order valence-electron chi connectivity index (χ1n) is 7.02. The Bertz CT molecular complexity index is 816. The molecule has 0 aliphatic heterocycles. The molecule has 1 aliphatic carbocycles. The average Bonchev–Trinajstić information content (AvgIpc) is 3.02. The summed E-state index contributed by atoms with van der Waals surface area (Å²) in [6, 6.07) is 6.80. The molecule has 1 saturated carbocycles. The number of halogens is 1. The Morgan fingerprint density at radius 1 is 1.38 bits per heavy atom. The Labute approximate surface area is 135 Å². The van der Waals surface area contributed by atoms with E-state index in [2.05, 4.69) is 49.1 Å². The fourth-order valence-corrected chi connectivity index (χ4v) is 3.66. The van der Waals surface area contributed by atoms with Gasteiger partial charge in [0.05, 0.1) is 17.1 Å². The zero-order chi connectivity index (χ0) is 14.6. The first-order valence-corrected chi connectivity index (χ1v) is 8.69. The summed E-state index contributed by atoms with van der Waals surface area (Å²) < 4.78 is 3.39. The lowest BCUT2D eigenvalue weighted by Crippen LogP contribution is -2.04. The second kappa shape index (κ2) is 4.90. The number of nitrogens with zero attached hydrogens (tertiary/aromatic N) is 3. The van der Waals surface area contributed by atoms with Gasteiger partial charge >= 0.3 is 0 Å². The summed E-state index contributed by atoms with van der Waals surface area (Å²) in [6.45, 7) is 1.96. The standard InChI is InChI=1S/C15H15BrN4S/c1-8(17)15-19-12(7-21-15)14-18-11-6-9(16)2-5-13(11)20(14)10-3-4-10/h2,5-8,10H,3-4,17H2,1H3. The molecule has 21 heavy (non-hydrogen) atoms. The van der Waals surface area contributed by atoms with Gasteiger partial charge in [0.15, 0.2) is 5.82 Å². The maximum absolute atomic E-state index is 5.92. The Morgan fingerprint density at radius 2 is 2.19 bits per heavy atom. The fourth-order valence-electron chi connectivity index (χ4n) is 2.55. The third kappa shape index (κ3) is 2.31. The van der Waals surface area contributed by atoms with E-state index in [0.717, 1.165) is 26.5 Å². The summed E-state index contributed by atoms with van der Waals surface area (Å²) in [4.78, 5) is 9.48. The van der Waals surface area contributed by atoms with Crippen LogP contribution in [-0.2, 0) is 0 Å². The van der Waals surface area contributed by atoms with Crippen molar-refractivity contribution in [3.05, 3.63) is 33.1 Å². The molecule has 108 valence electrons. The van der Waals surface area contributed by atoms with Crippen LogP contribution in [0, 0.1) is 0 Å². The summed E-state index contributed by atoms with van der Waals surface area (Å²) in [5.74, 6) is 0.966. The van der Waals surface area contributed by atoms with E-state index in [1.165, 1.54) is 18.4 Å². The first-order chi connectivity index (χ1) is 10.1. The molecule has 0 bridgehead atoms. The van der Waals surface area contributed by atoms with Crippen LogP contribution in [0.1, 0.15) is 36.9 Å². The van der Waals surface area contributed by atoms with Gasteiger partial charge < -0.3 is 10.3 Å². The number of rotatable bonds is 3. The van der Waals surface area contributed by atoms with E-state index in [9.17, 15) is 0 Å². The van der Waals surface area contributed by atoms with Gasteiger partial charge in [-0.25, -0.2) is 9.97 Å². The molecule has 4 rings (SSSR count). The number of hydrogen-bond donors (Lipinski definition) is 1. The SMILES string of the molecule is CC(N)c1nc(-c2nc3cc(Br)ccc3n2C2CC2)cs1. The topological polar surface area (TPSA) is 56.7 Å². The van der Waals surface area contributed by atoms with Crippen LogP contribution in [0.2, 0.25) is 0 Å². The van der Waals surface area contributed by atoms with Crippen molar-refractivity contribution >= 4 is 38.3 Å². The lowest BCUT2D eigenvalue weighted by atomic mass is 10.3. The number of aromatic nitrogens is 3. The zero-order valence-corrected chi connectivity index (χ0v) is 14.0. The van der Waals surface area contributed by atoms with E-state index in [4.69, 9.17) is 10.7 Å². The second-order valence-electron chi connectivity index (χ2n) is 5.53. The number of thiazole rings is 1. The fraction of sp³-hybridized carbons (Fsp3) is 0.333. The van der Waals surface area contributed by atoms with Gasteiger partial charge in [0.2, 0.25) is 0 Å². The van der Waals surface area contributed by atoms with Crippen molar-refractivity contribution in [3.8, 4) is 11.5 Å². The van der Waals surface area contributed by atoms with Gasteiger partial charge in [0.25, 0.3) is 0 Å². The van der Waals surface area contributed by atoms with Crippen LogP contribution in [0.3, 0.4) is 0 Å². The minimum absolute atomic E-state index is 0.0309. The molecule has 0 saturated heterocycles. The highest BCUT2D eigenvalue weighted by molar-refractivity contribution is 9.10. The smallest absolute Gasteiger partial charge is 0.160 e. The molecule has 2 aromatic heterocycles. The number of imidazole rings is 1. The summed E-state index contributed by atoms with van der Waals surface area (Å²) in [6.07, 6.45) is 2.44. The minimum Gasteiger partial charge on any atom is -0.322 e. The van der Waals surface area contributed by atoms with Gasteiger partial charge in [-0.1, -0.05) is 15.9 Å². The molecular weight excluding hydrogens is 348 g/mol. The van der Waals surface area contributed by atoms with Crippen LogP contribution in [0.25, 0.3) is 22.6 Å². The highest BCUT2D eigenvalue weighted by atomic mass is 79.9. The Balaban J connectivity index is 1.92. The van der Waals surface area contributed by atoms with Crippen LogP contribution in [-0.4, -0.2) is 14.5 Å². The minimum atomic E-state index is -0.0309. The Hall–Kier alpha value is -1.24. The first kappa shape index (κ1) is 13.4. The van der Waals surface area contributed by atoms with Crippen molar-refractivity contribution in [2.24, 2.45) is 5.73 Å². The predicted octanol–water partition coefficient (Wildman–Crippen LogP) is 4.28. The van der Waals surface area contributed by atoms with Crippen molar-refractivity contribution in [3.63, 3.8) is 0 Å². The van der Waals surface area contributed by atoms with Gasteiger partial charge in [-0.05, 0) is 38.0 Å². The number of fused-ring (bicyclic) bond motifs is 1. The summed E-state index contributed by atoms with van der Waals surface area (Å²) in [5.41, 5.74) is 9.06. The molecule has 3 aromatic rings. The molecule has 1 atom stereocenters. The molecule has 1 fully saturated rings. The summed E-state index contributed by atoms with van der Waals surface area (Å²) >= 11 is 5.13. The van der Waals surface area contributed by atoms with Gasteiger partial charge in [-0.2, -0.15) is 0 Å². The lowest BCUT2D eigenvalue weighted by molar-refractivity contribution is 0.768. The Kier molecular flexibility index (Phi) is 3.13. The van der Waals surface area contributed by atoms with E-state index in [1.54, 1.807) is 11.3 Å². The molecule has 6 heteroatoms. The maximum atomic E-state index is 5.92. The number of nitrogens with two attached hydrogens (primary N) is 1. The third-order valence-corrected chi connectivity index (χ3v) is 5.24. The number of benzene rings is 1. The monoisotopic (exact) mass is 362 g/mol. The van der Waals surface area contributed by atoms with Crippen LogP contribution in [0.15, 0.2) is 28.1 Å². The highest BCUT2D eigenvalue weighted by Gasteiger charge is 2.29. The van der Waals surface area contributed by atoms with Crippen LogP contribution >= 0.6 is 27.3 Å². The third-order valence-electron chi connectivity index (χ3n) is 3.70. The molecule has 2 N–H and O–H groups in total. The Morgan fingerprint density at radius 3 is 2.86 bits per heavy atom. The normalized spacial score (nSPS) is 16.5. The van der Waals surface area contributed by atoms with Crippen molar-refractivity contribution in [2.45, 2.75) is 31.8 Å². The molecule has 2 heterocycles. The molecule has 1 aliphatic rings. The predicted molar refractivity (Wildman–Crippen MR) is 89.4 cm³/mol. The quantitative estimate of drug-likeness (QED) is 0.756. The molecule has 1 unspecified atom stereocenters. The number of hydrogen-bond acceptors (Lipinski definition) is 4. The zero-order valence-electron chi connectivity index (χ0n) is 11.6. The molecule has 0 radical (unpaired) electrons. The van der Waals surface area contributed by atoms with Crippen molar-refractivity contribution in [1.29, 1.82) is 0 Å².